The zero-order valence-electron chi connectivity index (χ0n) is 22.6. The Balaban J connectivity index is 1.13. The van der Waals surface area contributed by atoms with Gasteiger partial charge in [0.05, 0.1) is 11.2 Å². The Morgan fingerprint density at radius 2 is 1.93 bits per heavy atom. The van der Waals surface area contributed by atoms with Crippen molar-refractivity contribution in [2.45, 2.75) is 81.3 Å². The Kier molecular flexibility index (Phi) is 6.93. The lowest BCUT2D eigenvalue weighted by atomic mass is 9.87. The van der Waals surface area contributed by atoms with Gasteiger partial charge >= 0.3 is 12.1 Å². The Hall–Kier alpha value is -3.11. The summed E-state index contributed by atoms with van der Waals surface area (Å²) in [5.41, 5.74) is 1.28. The van der Waals surface area contributed by atoms with Crippen molar-refractivity contribution in [3.63, 3.8) is 0 Å². The standard InChI is InChI=1S/C30H32ClF2N5O3/c31-27-24(33)26-23(14-34-27)25(35-28(36-26)41-17-30-9-4-10-37(30)15-20(32)13-30)19-11-21-7-8-22(12-19)38(21)29(39)40-16-18-5-2-1-3-6-18/h1-3,5-6,14,19-22H,4,7-13,15-17H2/t19?,20-,21?,22?,30+/m1/s1. The number of hydrogen-bond acceptors (Lipinski definition) is 7. The second-order valence-electron chi connectivity index (χ2n) is 11.9. The molecule has 1 amide bonds. The van der Waals surface area contributed by atoms with E-state index in [-0.39, 0.29) is 59.5 Å². The molecule has 0 radical (unpaired) electrons. The van der Waals surface area contributed by atoms with Crippen LogP contribution in [-0.2, 0) is 11.3 Å². The van der Waals surface area contributed by atoms with E-state index in [0.717, 1.165) is 37.8 Å². The molecule has 41 heavy (non-hydrogen) atoms. The fourth-order valence-electron chi connectivity index (χ4n) is 7.55. The Morgan fingerprint density at radius 3 is 2.71 bits per heavy atom. The van der Waals surface area contributed by atoms with Gasteiger partial charge in [-0.25, -0.2) is 18.6 Å². The maximum absolute atomic E-state index is 15.2. The van der Waals surface area contributed by atoms with Crippen molar-refractivity contribution in [1.29, 1.82) is 0 Å². The number of nitrogens with zero attached hydrogens (tertiary/aromatic N) is 5. The predicted octanol–water partition coefficient (Wildman–Crippen LogP) is 5.82. The smallest absolute Gasteiger partial charge is 0.410 e. The van der Waals surface area contributed by atoms with Crippen molar-refractivity contribution < 1.29 is 23.0 Å². The third-order valence-corrected chi connectivity index (χ3v) is 9.68. The van der Waals surface area contributed by atoms with E-state index in [0.29, 0.717) is 36.9 Å². The van der Waals surface area contributed by atoms with E-state index in [2.05, 4.69) is 14.9 Å². The number of benzene rings is 1. The zero-order valence-corrected chi connectivity index (χ0v) is 23.4. The zero-order chi connectivity index (χ0) is 28.1. The first-order chi connectivity index (χ1) is 19.9. The first kappa shape index (κ1) is 26.8. The third kappa shape index (κ3) is 4.88. The average Bonchev–Trinajstić information content (AvgIpc) is 3.59. The van der Waals surface area contributed by atoms with Crippen molar-refractivity contribution >= 4 is 28.6 Å². The van der Waals surface area contributed by atoms with Crippen LogP contribution in [0.3, 0.4) is 0 Å². The van der Waals surface area contributed by atoms with Gasteiger partial charge in [0.2, 0.25) is 0 Å². The molecule has 11 heteroatoms. The quantitative estimate of drug-likeness (QED) is 0.338. The molecule has 0 N–H and O–H groups in total. The molecular weight excluding hydrogens is 552 g/mol. The highest BCUT2D eigenvalue weighted by Crippen LogP contribution is 2.45. The number of ether oxygens (including phenoxy) is 2. The molecule has 0 spiro atoms. The van der Waals surface area contributed by atoms with Gasteiger partial charge in [-0.1, -0.05) is 41.9 Å². The molecule has 4 atom stereocenters. The van der Waals surface area contributed by atoms with Gasteiger partial charge in [-0.15, -0.1) is 0 Å². The second kappa shape index (κ2) is 10.6. The Bertz CT molecular complexity index is 1450. The summed E-state index contributed by atoms with van der Waals surface area (Å²) in [4.78, 5) is 30.4. The SMILES string of the molecule is O=C(OCc1ccccc1)N1C2CCC1CC(c1nc(OC[C@@]34CCCN3C[C@H](F)C4)nc3c(F)c(Cl)ncc13)C2. The highest BCUT2D eigenvalue weighted by atomic mass is 35.5. The number of carbonyl (C=O) groups excluding carboxylic acids is 1. The van der Waals surface area contributed by atoms with Crippen LogP contribution in [0.5, 0.6) is 6.01 Å². The predicted molar refractivity (Wildman–Crippen MR) is 148 cm³/mol. The van der Waals surface area contributed by atoms with Gasteiger partial charge in [-0.05, 0) is 50.6 Å². The molecular formula is C30H32ClF2N5O3. The molecule has 2 bridgehead atoms. The maximum Gasteiger partial charge on any atom is 0.410 e. The van der Waals surface area contributed by atoms with Crippen LogP contribution >= 0.6 is 11.6 Å². The molecule has 2 aromatic heterocycles. The summed E-state index contributed by atoms with van der Waals surface area (Å²) in [7, 11) is 0. The normalized spacial score (nSPS) is 29.2. The molecule has 4 fully saturated rings. The van der Waals surface area contributed by atoms with Crippen LogP contribution in [0, 0.1) is 5.82 Å². The Morgan fingerprint density at radius 1 is 1.15 bits per heavy atom. The molecule has 0 saturated carbocycles. The molecule has 7 rings (SSSR count). The summed E-state index contributed by atoms with van der Waals surface area (Å²) in [6.07, 6.45) is 5.65. The Labute approximate surface area is 242 Å². The van der Waals surface area contributed by atoms with Crippen molar-refractivity contribution in [2.75, 3.05) is 19.7 Å². The summed E-state index contributed by atoms with van der Waals surface area (Å²) >= 11 is 6.04. The number of halogens is 3. The van der Waals surface area contributed by atoms with Gasteiger partial charge in [0.15, 0.2) is 11.0 Å². The molecule has 4 saturated heterocycles. The number of pyridine rings is 1. The number of aromatic nitrogens is 3. The van der Waals surface area contributed by atoms with E-state index in [1.807, 2.05) is 35.2 Å². The van der Waals surface area contributed by atoms with Crippen LogP contribution < -0.4 is 4.74 Å². The third-order valence-electron chi connectivity index (χ3n) is 9.42. The largest absolute Gasteiger partial charge is 0.461 e. The van der Waals surface area contributed by atoms with Gasteiger partial charge in [0.1, 0.15) is 24.9 Å². The van der Waals surface area contributed by atoms with Crippen LogP contribution in [0.25, 0.3) is 10.9 Å². The summed E-state index contributed by atoms with van der Waals surface area (Å²) in [5, 5.41) is 0.231. The first-order valence-corrected chi connectivity index (χ1v) is 14.8. The number of alkyl halides is 1. The van der Waals surface area contributed by atoms with Crippen LogP contribution in [0.4, 0.5) is 13.6 Å². The van der Waals surface area contributed by atoms with Crippen molar-refractivity contribution in [1.82, 2.24) is 24.8 Å². The van der Waals surface area contributed by atoms with Crippen LogP contribution in [-0.4, -0.2) is 74.3 Å². The van der Waals surface area contributed by atoms with Crippen LogP contribution in [0.15, 0.2) is 36.5 Å². The minimum Gasteiger partial charge on any atom is -0.461 e. The van der Waals surface area contributed by atoms with Gasteiger partial charge < -0.3 is 14.4 Å². The number of carbonyl (C=O) groups is 1. The van der Waals surface area contributed by atoms with E-state index in [4.69, 9.17) is 26.1 Å². The monoisotopic (exact) mass is 583 g/mol. The van der Waals surface area contributed by atoms with Gasteiger partial charge in [0, 0.05) is 42.6 Å². The molecule has 4 aliphatic heterocycles. The highest BCUT2D eigenvalue weighted by Gasteiger charge is 2.50. The van der Waals surface area contributed by atoms with Crippen molar-refractivity contribution in [3.8, 4) is 6.01 Å². The fraction of sp³-hybridized carbons (Fsp3) is 0.533. The molecule has 0 aliphatic carbocycles. The summed E-state index contributed by atoms with van der Waals surface area (Å²) in [6.45, 7) is 1.73. The fourth-order valence-corrected chi connectivity index (χ4v) is 7.69. The van der Waals surface area contributed by atoms with Crippen molar-refractivity contribution in [2.24, 2.45) is 0 Å². The number of fused-ring (bicyclic) bond motifs is 4. The first-order valence-electron chi connectivity index (χ1n) is 14.4. The summed E-state index contributed by atoms with van der Waals surface area (Å²) in [6, 6.07) is 9.68. The molecule has 216 valence electrons. The molecule has 2 unspecified atom stereocenters. The van der Waals surface area contributed by atoms with Gasteiger partial charge in [-0.3, -0.25) is 4.90 Å². The molecule has 1 aromatic carbocycles. The lowest BCUT2D eigenvalue weighted by Gasteiger charge is -2.38. The number of rotatable bonds is 6. The minimum absolute atomic E-state index is 0.00701. The van der Waals surface area contributed by atoms with Gasteiger partial charge in [-0.2, -0.15) is 9.97 Å². The number of piperidine rings is 1. The van der Waals surface area contributed by atoms with Crippen LogP contribution in [0.2, 0.25) is 5.15 Å². The topological polar surface area (TPSA) is 80.7 Å². The maximum atomic E-state index is 15.2. The minimum atomic E-state index is -0.880. The lowest BCUT2D eigenvalue weighted by Crippen LogP contribution is -2.46. The van der Waals surface area contributed by atoms with E-state index < -0.39 is 12.0 Å². The molecule has 8 nitrogen and oxygen atoms in total. The molecule has 4 aliphatic rings. The number of amides is 1. The highest BCUT2D eigenvalue weighted by molar-refractivity contribution is 6.30. The second-order valence-corrected chi connectivity index (χ2v) is 12.2. The lowest BCUT2D eigenvalue weighted by molar-refractivity contribution is 0.0605. The average molecular weight is 584 g/mol. The molecule has 6 heterocycles. The van der Waals surface area contributed by atoms with E-state index in [9.17, 15) is 9.18 Å². The summed E-state index contributed by atoms with van der Waals surface area (Å²) in [5.74, 6) is -0.767. The van der Waals surface area contributed by atoms with Crippen molar-refractivity contribution in [3.05, 3.63) is 58.8 Å². The van der Waals surface area contributed by atoms with Gasteiger partial charge in [0.25, 0.3) is 0 Å². The molecule has 3 aromatic rings. The van der Waals surface area contributed by atoms with E-state index >= 15 is 4.39 Å². The van der Waals surface area contributed by atoms with E-state index in [1.54, 1.807) is 0 Å². The van der Waals surface area contributed by atoms with Crippen LogP contribution in [0.1, 0.15) is 62.1 Å². The number of hydrogen-bond donors (Lipinski definition) is 0. The summed E-state index contributed by atoms with van der Waals surface area (Å²) < 4.78 is 41.3. The van der Waals surface area contributed by atoms with E-state index in [1.165, 1.54) is 6.20 Å².